The van der Waals surface area contributed by atoms with Crippen molar-refractivity contribution < 1.29 is 14.3 Å². The Morgan fingerprint density at radius 2 is 1.67 bits per heavy atom. The molecule has 2 aliphatic heterocycles. The topological polar surface area (TPSA) is 61.9 Å². The molecule has 2 amide bonds. The minimum Gasteiger partial charge on any atom is -0.496 e. The molecule has 0 aromatic heterocycles. The average molecular weight is 448 g/mol. The monoisotopic (exact) mass is 447 g/mol. The number of rotatable bonds is 7. The number of para-hydroxylation sites is 1. The van der Waals surface area contributed by atoms with Crippen LogP contribution < -0.4 is 15.0 Å². The summed E-state index contributed by atoms with van der Waals surface area (Å²) >= 11 is 0. The summed E-state index contributed by atoms with van der Waals surface area (Å²) in [5.74, 6) is 0.919. The number of carbonyl (C=O) groups is 2. The first-order valence-electron chi connectivity index (χ1n) is 11.7. The van der Waals surface area contributed by atoms with Crippen molar-refractivity contribution in [3.8, 4) is 5.75 Å². The molecule has 1 N–H and O–H groups in total. The van der Waals surface area contributed by atoms with Gasteiger partial charge in [-0.1, -0.05) is 39.0 Å². The van der Waals surface area contributed by atoms with Gasteiger partial charge in [0, 0.05) is 36.6 Å². The molecule has 2 aromatic rings. The normalized spacial score (nSPS) is 17.4. The van der Waals surface area contributed by atoms with E-state index >= 15 is 0 Å². The quantitative estimate of drug-likeness (QED) is 0.619. The second kappa shape index (κ2) is 9.69. The van der Waals surface area contributed by atoms with Crippen LogP contribution in [-0.2, 0) is 9.59 Å². The molecule has 4 rings (SSSR count). The van der Waals surface area contributed by atoms with Crippen LogP contribution in [0.3, 0.4) is 0 Å². The third kappa shape index (κ3) is 4.75. The number of anilines is 2. The zero-order valence-corrected chi connectivity index (χ0v) is 19.9. The van der Waals surface area contributed by atoms with Crippen LogP contribution in [0, 0.1) is 11.8 Å². The highest BCUT2D eigenvalue weighted by molar-refractivity contribution is 6.37. The van der Waals surface area contributed by atoms with E-state index in [-0.39, 0.29) is 17.7 Å². The summed E-state index contributed by atoms with van der Waals surface area (Å²) in [6, 6.07) is 15.4. The van der Waals surface area contributed by atoms with E-state index in [9.17, 15) is 9.59 Å². The third-order valence-electron chi connectivity index (χ3n) is 6.38. The molecule has 174 valence electrons. The second-order valence-corrected chi connectivity index (χ2v) is 9.41. The van der Waals surface area contributed by atoms with Crippen LogP contribution in [0.25, 0.3) is 5.57 Å². The highest BCUT2D eigenvalue weighted by Crippen LogP contribution is 2.36. The number of hydrogen-bond donors (Lipinski definition) is 1. The Kier molecular flexibility index (Phi) is 6.72. The van der Waals surface area contributed by atoms with E-state index in [0.717, 1.165) is 24.7 Å². The van der Waals surface area contributed by atoms with Crippen molar-refractivity contribution in [1.29, 1.82) is 0 Å². The lowest BCUT2D eigenvalue weighted by Crippen LogP contribution is -2.35. The summed E-state index contributed by atoms with van der Waals surface area (Å²) in [5, 5.41) is 3.25. The van der Waals surface area contributed by atoms with Crippen molar-refractivity contribution in [1.82, 2.24) is 4.90 Å². The fraction of sp³-hybridized carbons (Fsp3) is 0.407. The molecular formula is C27H33N3O3. The minimum atomic E-state index is -0.302. The predicted molar refractivity (Wildman–Crippen MR) is 132 cm³/mol. The van der Waals surface area contributed by atoms with Crippen molar-refractivity contribution in [3.05, 3.63) is 59.8 Å². The van der Waals surface area contributed by atoms with Crippen LogP contribution in [0.15, 0.2) is 54.2 Å². The zero-order valence-electron chi connectivity index (χ0n) is 19.9. The molecule has 6 heteroatoms. The highest BCUT2D eigenvalue weighted by atomic mass is 16.5. The molecule has 0 spiro atoms. The number of carbonyl (C=O) groups excluding carboxylic acids is 2. The number of imide groups is 1. The van der Waals surface area contributed by atoms with E-state index in [1.54, 1.807) is 13.2 Å². The van der Waals surface area contributed by atoms with Gasteiger partial charge in [-0.25, -0.2) is 0 Å². The number of ether oxygens (including phenoxy) is 1. The lowest BCUT2D eigenvalue weighted by molar-refractivity contribution is -0.137. The third-order valence-corrected chi connectivity index (χ3v) is 6.38. The Balaban J connectivity index is 1.65. The van der Waals surface area contributed by atoms with E-state index in [2.05, 4.69) is 29.3 Å². The molecule has 2 aromatic carbocycles. The lowest BCUT2D eigenvalue weighted by Gasteiger charge is -2.32. The first-order chi connectivity index (χ1) is 15.9. The highest BCUT2D eigenvalue weighted by Gasteiger charge is 2.40. The van der Waals surface area contributed by atoms with Crippen LogP contribution in [-0.4, -0.2) is 43.5 Å². The minimum absolute atomic E-state index is 0.169. The summed E-state index contributed by atoms with van der Waals surface area (Å²) < 4.78 is 5.50. The Morgan fingerprint density at radius 3 is 2.30 bits per heavy atom. The Hall–Kier alpha value is -3.28. The molecule has 0 radical (unpaired) electrons. The fourth-order valence-corrected chi connectivity index (χ4v) is 4.49. The smallest absolute Gasteiger partial charge is 0.278 e. The van der Waals surface area contributed by atoms with Crippen LogP contribution in [0.4, 0.5) is 11.4 Å². The van der Waals surface area contributed by atoms with Gasteiger partial charge < -0.3 is 15.0 Å². The van der Waals surface area contributed by atoms with E-state index in [1.165, 1.54) is 23.4 Å². The van der Waals surface area contributed by atoms with Gasteiger partial charge in [0.25, 0.3) is 11.8 Å². The second-order valence-electron chi connectivity index (χ2n) is 9.41. The molecule has 0 bridgehead atoms. The zero-order chi connectivity index (χ0) is 23.5. The number of piperidine rings is 1. The van der Waals surface area contributed by atoms with Crippen molar-refractivity contribution in [2.24, 2.45) is 11.8 Å². The van der Waals surface area contributed by atoms with Gasteiger partial charge >= 0.3 is 0 Å². The Bertz CT molecular complexity index is 1050. The summed E-state index contributed by atoms with van der Waals surface area (Å²) in [7, 11) is 1.57. The molecule has 33 heavy (non-hydrogen) atoms. The first-order valence-corrected chi connectivity index (χ1v) is 11.7. The SMILES string of the molecule is COc1ccccc1C1=C(Nc2ccc(N3CCC(C)CC3)cc2)C(=O)N(CC(C)C)C1=O. The fourth-order valence-electron chi connectivity index (χ4n) is 4.49. The van der Waals surface area contributed by atoms with Gasteiger partial charge in [0.15, 0.2) is 0 Å². The number of benzene rings is 2. The lowest BCUT2D eigenvalue weighted by atomic mass is 9.99. The van der Waals surface area contributed by atoms with Gasteiger partial charge in [-0.3, -0.25) is 14.5 Å². The molecule has 1 fully saturated rings. The van der Waals surface area contributed by atoms with Gasteiger partial charge in [0.05, 0.1) is 12.7 Å². The van der Waals surface area contributed by atoms with Crippen LogP contribution in [0.5, 0.6) is 5.75 Å². The van der Waals surface area contributed by atoms with Gasteiger partial charge in [0.1, 0.15) is 11.4 Å². The number of amides is 2. The first kappa shape index (κ1) is 22.9. The van der Waals surface area contributed by atoms with Crippen LogP contribution >= 0.6 is 0 Å². The van der Waals surface area contributed by atoms with Crippen molar-refractivity contribution >= 4 is 28.8 Å². The molecular weight excluding hydrogens is 414 g/mol. The molecule has 6 nitrogen and oxygen atoms in total. The number of methoxy groups -OCH3 is 1. The summed E-state index contributed by atoms with van der Waals surface area (Å²) in [6.07, 6.45) is 2.41. The Labute approximate surface area is 196 Å². The number of nitrogens with one attached hydrogen (secondary N) is 1. The van der Waals surface area contributed by atoms with Crippen molar-refractivity contribution in [2.75, 3.05) is 37.0 Å². The summed E-state index contributed by atoms with van der Waals surface area (Å²) in [5.41, 5.74) is 3.23. The molecule has 2 aliphatic rings. The maximum Gasteiger partial charge on any atom is 0.278 e. The van der Waals surface area contributed by atoms with E-state index < -0.39 is 0 Å². The van der Waals surface area contributed by atoms with E-state index in [1.807, 2.05) is 44.2 Å². The molecule has 0 saturated carbocycles. The molecule has 1 saturated heterocycles. The Morgan fingerprint density at radius 1 is 1.00 bits per heavy atom. The maximum atomic E-state index is 13.4. The van der Waals surface area contributed by atoms with Gasteiger partial charge in [-0.05, 0) is 55.0 Å². The molecule has 0 unspecified atom stereocenters. The molecule has 2 heterocycles. The predicted octanol–water partition coefficient (Wildman–Crippen LogP) is 4.78. The average Bonchev–Trinajstić information content (AvgIpc) is 3.04. The van der Waals surface area contributed by atoms with Gasteiger partial charge in [-0.15, -0.1) is 0 Å². The molecule has 0 atom stereocenters. The van der Waals surface area contributed by atoms with Crippen molar-refractivity contribution in [2.45, 2.75) is 33.6 Å². The van der Waals surface area contributed by atoms with Gasteiger partial charge in [0.2, 0.25) is 0 Å². The maximum absolute atomic E-state index is 13.4. The van der Waals surface area contributed by atoms with Crippen LogP contribution in [0.1, 0.15) is 39.2 Å². The standard InChI is InChI=1S/C27H33N3O3/c1-18(2)17-30-26(31)24(22-7-5-6-8-23(22)33-4)25(27(30)32)28-20-9-11-21(12-10-20)29-15-13-19(3)14-16-29/h5-12,18-19,28H,13-17H2,1-4H3. The number of hydrogen-bond acceptors (Lipinski definition) is 5. The summed E-state index contributed by atoms with van der Waals surface area (Å²) in [4.78, 5) is 30.4. The largest absolute Gasteiger partial charge is 0.496 e. The van der Waals surface area contributed by atoms with Gasteiger partial charge in [-0.2, -0.15) is 0 Å². The van der Waals surface area contributed by atoms with E-state index in [4.69, 9.17) is 4.74 Å². The summed E-state index contributed by atoms with van der Waals surface area (Å²) in [6.45, 7) is 8.79. The van der Waals surface area contributed by atoms with Crippen LogP contribution in [0.2, 0.25) is 0 Å². The molecule has 0 aliphatic carbocycles. The number of nitrogens with zero attached hydrogens (tertiary/aromatic N) is 2. The van der Waals surface area contributed by atoms with Crippen molar-refractivity contribution in [3.63, 3.8) is 0 Å². The van der Waals surface area contributed by atoms with E-state index in [0.29, 0.717) is 29.1 Å².